The molecule has 0 N–H and O–H groups in total. The zero-order valence-corrected chi connectivity index (χ0v) is 14.6. The minimum absolute atomic E-state index is 0.00895. The Bertz CT molecular complexity index is 1060. The largest absolute Gasteiger partial charge is 0.465 e. The molecule has 2 aromatic heterocycles. The van der Waals surface area contributed by atoms with E-state index in [1.165, 1.54) is 13.2 Å². The topological polar surface area (TPSA) is 80.8 Å². The first-order valence-electron chi connectivity index (χ1n) is 8.14. The molecule has 0 aliphatic rings. The molecule has 6 heteroatoms. The van der Waals surface area contributed by atoms with Gasteiger partial charge in [0.25, 0.3) is 0 Å². The van der Waals surface area contributed by atoms with Gasteiger partial charge in [0.05, 0.1) is 23.8 Å². The molecule has 0 radical (unpaired) electrons. The van der Waals surface area contributed by atoms with Gasteiger partial charge in [0, 0.05) is 24.0 Å². The number of esters is 2. The second-order valence-corrected chi connectivity index (χ2v) is 5.69. The molecule has 1 aromatic carbocycles. The van der Waals surface area contributed by atoms with E-state index in [0.29, 0.717) is 16.7 Å². The average Bonchev–Trinajstić information content (AvgIpc) is 3.08. The molecule has 0 bridgehead atoms. The number of hydrogen-bond donors (Lipinski definition) is 0. The van der Waals surface area contributed by atoms with Gasteiger partial charge in [-0.05, 0) is 35.9 Å². The molecule has 3 rings (SSSR count). The summed E-state index contributed by atoms with van der Waals surface area (Å²) < 4.78 is 11.7. The van der Waals surface area contributed by atoms with Crippen LogP contribution in [0.2, 0.25) is 0 Å². The van der Waals surface area contributed by atoms with Crippen molar-refractivity contribution in [3.8, 4) is 6.07 Å². The molecule has 0 spiro atoms. The summed E-state index contributed by atoms with van der Waals surface area (Å²) in [6.07, 6.45) is 6.50. The van der Waals surface area contributed by atoms with Gasteiger partial charge in [-0.2, -0.15) is 5.26 Å². The number of fused-ring (bicyclic) bond motifs is 1. The molecule has 0 atom stereocenters. The van der Waals surface area contributed by atoms with Gasteiger partial charge in [-0.3, -0.25) is 0 Å². The quantitative estimate of drug-likeness (QED) is 0.515. The molecular weight excluding hydrogens is 344 g/mol. The second kappa shape index (κ2) is 8.02. The first kappa shape index (κ1) is 18.0. The first-order chi connectivity index (χ1) is 13.1. The Hall–Kier alpha value is -3.85. The summed E-state index contributed by atoms with van der Waals surface area (Å²) in [5.41, 5.74) is 3.08. The third-order valence-corrected chi connectivity index (χ3v) is 3.99. The highest BCUT2D eigenvalue weighted by Crippen LogP contribution is 2.18. The number of methoxy groups -OCH3 is 1. The van der Waals surface area contributed by atoms with Crippen LogP contribution in [0.4, 0.5) is 0 Å². The molecule has 6 nitrogen and oxygen atoms in total. The number of nitrogens with zero attached hydrogens (tertiary/aromatic N) is 2. The number of carbonyl (C=O) groups excluding carboxylic acids is 2. The van der Waals surface area contributed by atoms with Crippen molar-refractivity contribution in [2.24, 2.45) is 0 Å². The van der Waals surface area contributed by atoms with Crippen LogP contribution in [0.25, 0.3) is 11.6 Å². The molecule has 0 amide bonds. The van der Waals surface area contributed by atoms with Crippen molar-refractivity contribution in [1.82, 2.24) is 4.40 Å². The van der Waals surface area contributed by atoms with E-state index in [4.69, 9.17) is 4.74 Å². The van der Waals surface area contributed by atoms with Crippen molar-refractivity contribution in [2.75, 3.05) is 7.11 Å². The standard InChI is InChI=1S/C21H16N2O4/c1-26-21(25)16-8-5-15(6-9-16)7-10-20(24)27-14-17-13-23-11-3-2-4-19(23)18(17)12-22/h2-11,13H,14H2,1H3/b10-7+. The van der Waals surface area contributed by atoms with Gasteiger partial charge in [0.2, 0.25) is 0 Å². The highest BCUT2D eigenvalue weighted by atomic mass is 16.5. The summed E-state index contributed by atoms with van der Waals surface area (Å²) in [5.74, 6) is -0.940. The van der Waals surface area contributed by atoms with E-state index in [0.717, 1.165) is 11.1 Å². The van der Waals surface area contributed by atoms with Crippen molar-refractivity contribution in [3.05, 3.63) is 83.2 Å². The maximum absolute atomic E-state index is 12.0. The Kier molecular flexibility index (Phi) is 5.33. The lowest BCUT2D eigenvalue weighted by Crippen LogP contribution is -2.01. The highest BCUT2D eigenvalue weighted by molar-refractivity contribution is 5.90. The normalized spacial score (nSPS) is 10.7. The molecule has 0 saturated carbocycles. The average molecular weight is 360 g/mol. The number of rotatable bonds is 5. The summed E-state index contributed by atoms with van der Waals surface area (Å²) in [5, 5.41) is 9.35. The molecular formula is C21H16N2O4. The summed E-state index contributed by atoms with van der Waals surface area (Å²) in [4.78, 5) is 23.3. The van der Waals surface area contributed by atoms with Crippen molar-refractivity contribution >= 4 is 23.5 Å². The van der Waals surface area contributed by atoms with Crippen LogP contribution in [0.1, 0.15) is 27.0 Å². The minimum Gasteiger partial charge on any atom is -0.465 e. The van der Waals surface area contributed by atoms with Crippen LogP contribution in [0, 0.1) is 11.3 Å². The van der Waals surface area contributed by atoms with E-state index in [9.17, 15) is 14.9 Å². The Balaban J connectivity index is 1.64. The summed E-state index contributed by atoms with van der Waals surface area (Å²) in [6, 6.07) is 14.3. The predicted molar refractivity (Wildman–Crippen MR) is 98.7 cm³/mol. The van der Waals surface area contributed by atoms with E-state index >= 15 is 0 Å². The van der Waals surface area contributed by atoms with Crippen LogP contribution < -0.4 is 0 Å². The number of benzene rings is 1. The molecule has 0 unspecified atom stereocenters. The molecule has 0 saturated heterocycles. The number of hydrogen-bond acceptors (Lipinski definition) is 5. The Morgan fingerprint density at radius 3 is 2.67 bits per heavy atom. The van der Waals surface area contributed by atoms with E-state index in [2.05, 4.69) is 10.8 Å². The van der Waals surface area contributed by atoms with E-state index in [1.54, 1.807) is 36.5 Å². The Morgan fingerprint density at radius 2 is 1.96 bits per heavy atom. The van der Waals surface area contributed by atoms with E-state index < -0.39 is 11.9 Å². The van der Waals surface area contributed by atoms with Crippen LogP contribution in [-0.4, -0.2) is 23.4 Å². The fraction of sp³-hybridized carbons (Fsp3) is 0.0952. The molecule has 2 heterocycles. The van der Waals surface area contributed by atoms with Gasteiger partial charge >= 0.3 is 11.9 Å². The molecule has 134 valence electrons. The molecule has 0 fully saturated rings. The number of aromatic nitrogens is 1. The SMILES string of the molecule is COC(=O)c1ccc(/C=C/C(=O)OCc2cn3ccccc3c2C#N)cc1. The van der Waals surface area contributed by atoms with Crippen LogP contribution in [0.5, 0.6) is 0 Å². The van der Waals surface area contributed by atoms with Gasteiger partial charge in [-0.25, -0.2) is 9.59 Å². The first-order valence-corrected chi connectivity index (χ1v) is 8.14. The lowest BCUT2D eigenvalue weighted by atomic mass is 10.1. The third-order valence-electron chi connectivity index (χ3n) is 3.99. The fourth-order valence-corrected chi connectivity index (χ4v) is 2.63. The zero-order valence-electron chi connectivity index (χ0n) is 14.6. The lowest BCUT2D eigenvalue weighted by molar-refractivity contribution is -0.138. The third kappa shape index (κ3) is 4.05. The van der Waals surface area contributed by atoms with Gasteiger partial charge in [0.15, 0.2) is 0 Å². The Morgan fingerprint density at radius 1 is 1.19 bits per heavy atom. The van der Waals surface area contributed by atoms with Crippen molar-refractivity contribution in [1.29, 1.82) is 5.26 Å². The minimum atomic E-state index is -0.522. The zero-order chi connectivity index (χ0) is 19.2. The van der Waals surface area contributed by atoms with E-state index in [-0.39, 0.29) is 6.61 Å². The molecule has 3 aromatic rings. The van der Waals surface area contributed by atoms with Gasteiger partial charge in [0.1, 0.15) is 12.7 Å². The van der Waals surface area contributed by atoms with E-state index in [1.807, 2.05) is 28.8 Å². The van der Waals surface area contributed by atoms with Crippen molar-refractivity contribution in [3.63, 3.8) is 0 Å². The van der Waals surface area contributed by atoms with Crippen molar-refractivity contribution in [2.45, 2.75) is 6.61 Å². The number of ether oxygens (including phenoxy) is 2. The maximum atomic E-state index is 12.0. The highest BCUT2D eigenvalue weighted by Gasteiger charge is 2.11. The van der Waals surface area contributed by atoms with Gasteiger partial charge in [-0.15, -0.1) is 0 Å². The number of nitriles is 1. The maximum Gasteiger partial charge on any atom is 0.337 e. The Labute approximate surface area is 155 Å². The van der Waals surface area contributed by atoms with Crippen LogP contribution in [-0.2, 0) is 20.9 Å². The monoisotopic (exact) mass is 360 g/mol. The summed E-state index contributed by atoms with van der Waals surface area (Å²) in [7, 11) is 1.32. The van der Waals surface area contributed by atoms with Crippen LogP contribution in [0.3, 0.4) is 0 Å². The molecule has 0 aliphatic heterocycles. The molecule has 27 heavy (non-hydrogen) atoms. The van der Waals surface area contributed by atoms with Crippen LogP contribution in [0.15, 0.2) is 60.9 Å². The summed E-state index contributed by atoms with van der Waals surface area (Å²) in [6.45, 7) is 0.00895. The van der Waals surface area contributed by atoms with Crippen molar-refractivity contribution < 1.29 is 19.1 Å². The second-order valence-electron chi connectivity index (χ2n) is 5.69. The fourth-order valence-electron chi connectivity index (χ4n) is 2.63. The molecule has 0 aliphatic carbocycles. The predicted octanol–water partition coefficient (Wildman–Crippen LogP) is 3.35. The van der Waals surface area contributed by atoms with Crippen LogP contribution >= 0.6 is 0 Å². The van der Waals surface area contributed by atoms with Gasteiger partial charge in [-0.1, -0.05) is 18.2 Å². The van der Waals surface area contributed by atoms with Gasteiger partial charge < -0.3 is 13.9 Å². The smallest absolute Gasteiger partial charge is 0.337 e. The summed E-state index contributed by atoms with van der Waals surface area (Å²) >= 11 is 0. The number of pyridine rings is 1. The lowest BCUT2D eigenvalue weighted by Gasteiger charge is -2.01. The number of carbonyl (C=O) groups is 2.